The average Bonchev–Trinajstić information content (AvgIpc) is 2.68. The van der Waals surface area contributed by atoms with E-state index in [1.54, 1.807) is 0 Å². The summed E-state index contributed by atoms with van der Waals surface area (Å²) in [4.78, 5) is 2.57. The highest BCUT2D eigenvalue weighted by Crippen LogP contribution is 2.44. The zero-order valence-electron chi connectivity index (χ0n) is 9.67. The first-order valence-corrected chi connectivity index (χ1v) is 6.48. The number of unbranched alkanes of at least 4 members (excludes halogenated alkanes) is 1. The third-order valence-electron chi connectivity index (χ3n) is 4.13. The highest BCUT2D eigenvalue weighted by Gasteiger charge is 2.36. The van der Waals surface area contributed by atoms with Crippen LogP contribution >= 0.6 is 0 Å². The van der Waals surface area contributed by atoms with E-state index in [1.807, 2.05) is 0 Å². The molecule has 2 nitrogen and oxygen atoms in total. The van der Waals surface area contributed by atoms with Crippen LogP contribution in [0.3, 0.4) is 0 Å². The third kappa shape index (κ3) is 2.72. The van der Waals surface area contributed by atoms with Crippen molar-refractivity contribution in [3.05, 3.63) is 0 Å². The molecule has 2 fully saturated rings. The molecule has 1 saturated heterocycles. The Morgan fingerprint density at radius 1 is 1.07 bits per heavy atom. The van der Waals surface area contributed by atoms with E-state index in [0.29, 0.717) is 0 Å². The van der Waals surface area contributed by atoms with Crippen LogP contribution in [0, 0.1) is 16.7 Å². The maximum atomic E-state index is 9.09. The highest BCUT2D eigenvalue weighted by atomic mass is 15.1. The van der Waals surface area contributed by atoms with Crippen LogP contribution in [-0.4, -0.2) is 24.5 Å². The Morgan fingerprint density at radius 2 is 1.80 bits per heavy atom. The Bertz CT molecular complexity index is 231. The molecule has 0 aromatic carbocycles. The van der Waals surface area contributed by atoms with E-state index in [1.165, 1.54) is 51.7 Å². The Kier molecular flexibility index (Phi) is 3.64. The Hall–Kier alpha value is -0.550. The largest absolute Gasteiger partial charge is 0.303 e. The summed E-state index contributed by atoms with van der Waals surface area (Å²) in [6.07, 6.45) is 10.1. The minimum atomic E-state index is 0.102. The van der Waals surface area contributed by atoms with Crippen LogP contribution in [0.2, 0.25) is 0 Å². The van der Waals surface area contributed by atoms with Gasteiger partial charge in [-0.1, -0.05) is 12.8 Å². The van der Waals surface area contributed by atoms with Crippen molar-refractivity contribution in [2.75, 3.05) is 19.6 Å². The van der Waals surface area contributed by atoms with Crippen molar-refractivity contribution >= 4 is 0 Å². The first kappa shape index (κ1) is 11.0. The van der Waals surface area contributed by atoms with Crippen molar-refractivity contribution in [1.82, 2.24) is 4.90 Å². The van der Waals surface area contributed by atoms with Crippen LogP contribution in [-0.2, 0) is 0 Å². The molecular formula is C13H22N2. The number of likely N-dealkylation sites (tertiary alicyclic amines) is 1. The number of hydrogen-bond donors (Lipinski definition) is 0. The summed E-state index contributed by atoms with van der Waals surface area (Å²) in [5, 5.41) is 9.09. The summed E-state index contributed by atoms with van der Waals surface area (Å²) < 4.78 is 0. The summed E-state index contributed by atoms with van der Waals surface area (Å²) in [6, 6.07) is 2.53. The van der Waals surface area contributed by atoms with Gasteiger partial charge in [-0.05, 0) is 58.2 Å². The van der Waals surface area contributed by atoms with E-state index in [9.17, 15) is 0 Å². The Labute approximate surface area is 93.3 Å². The molecular weight excluding hydrogens is 184 g/mol. The van der Waals surface area contributed by atoms with Gasteiger partial charge in [-0.15, -0.1) is 0 Å². The minimum absolute atomic E-state index is 0.102. The van der Waals surface area contributed by atoms with Gasteiger partial charge in [-0.3, -0.25) is 0 Å². The molecule has 0 atom stereocenters. The molecule has 2 rings (SSSR count). The van der Waals surface area contributed by atoms with Gasteiger partial charge in [0.15, 0.2) is 0 Å². The molecule has 1 aliphatic carbocycles. The number of nitrogens with zero attached hydrogens (tertiary/aromatic N) is 2. The van der Waals surface area contributed by atoms with Gasteiger partial charge in [0, 0.05) is 0 Å². The van der Waals surface area contributed by atoms with E-state index in [0.717, 1.165) is 19.3 Å². The second-order valence-electron chi connectivity index (χ2n) is 5.25. The lowest BCUT2D eigenvalue weighted by molar-refractivity contribution is 0.188. The van der Waals surface area contributed by atoms with E-state index in [4.69, 9.17) is 5.26 Å². The van der Waals surface area contributed by atoms with Gasteiger partial charge in [0.25, 0.3) is 0 Å². The summed E-state index contributed by atoms with van der Waals surface area (Å²) in [7, 11) is 0. The smallest absolute Gasteiger partial charge is 0.0689 e. The molecule has 2 heteroatoms. The molecule has 0 unspecified atom stereocenters. The standard InChI is InChI=1S/C13H22N2/c14-12-13(7-5-8-13)6-1-2-9-15-10-3-4-11-15/h1-11H2. The molecule has 1 saturated carbocycles. The highest BCUT2D eigenvalue weighted by molar-refractivity contribution is 5.04. The Morgan fingerprint density at radius 3 is 2.33 bits per heavy atom. The number of rotatable bonds is 5. The lowest BCUT2D eigenvalue weighted by atomic mass is 9.67. The molecule has 1 heterocycles. The first-order valence-electron chi connectivity index (χ1n) is 6.48. The molecule has 2 aliphatic rings. The van der Waals surface area contributed by atoms with E-state index < -0.39 is 0 Å². The molecule has 0 N–H and O–H groups in total. The minimum Gasteiger partial charge on any atom is -0.303 e. The molecule has 0 bridgehead atoms. The van der Waals surface area contributed by atoms with E-state index >= 15 is 0 Å². The van der Waals surface area contributed by atoms with Crippen LogP contribution in [0.25, 0.3) is 0 Å². The van der Waals surface area contributed by atoms with Gasteiger partial charge >= 0.3 is 0 Å². The van der Waals surface area contributed by atoms with Gasteiger partial charge in [-0.2, -0.15) is 5.26 Å². The topological polar surface area (TPSA) is 27.0 Å². The lowest BCUT2D eigenvalue weighted by Crippen LogP contribution is -2.27. The second kappa shape index (κ2) is 4.99. The number of nitriles is 1. The fourth-order valence-electron chi connectivity index (χ4n) is 2.83. The lowest BCUT2D eigenvalue weighted by Gasteiger charge is -2.35. The predicted octanol–water partition coefficient (Wildman–Crippen LogP) is 2.95. The quantitative estimate of drug-likeness (QED) is 0.647. The Balaban J connectivity index is 1.56. The maximum absolute atomic E-state index is 9.09. The SMILES string of the molecule is N#CC1(CCCCN2CCCC2)CCC1. The monoisotopic (exact) mass is 206 g/mol. The molecule has 0 spiro atoms. The van der Waals surface area contributed by atoms with Crippen molar-refractivity contribution < 1.29 is 0 Å². The van der Waals surface area contributed by atoms with Crippen molar-refractivity contribution in [2.45, 2.75) is 51.4 Å². The summed E-state index contributed by atoms with van der Waals surface area (Å²) in [6.45, 7) is 3.88. The van der Waals surface area contributed by atoms with Crippen molar-refractivity contribution in [3.63, 3.8) is 0 Å². The molecule has 0 radical (unpaired) electrons. The van der Waals surface area contributed by atoms with Crippen molar-refractivity contribution in [3.8, 4) is 6.07 Å². The van der Waals surface area contributed by atoms with Crippen LogP contribution in [0.5, 0.6) is 0 Å². The summed E-state index contributed by atoms with van der Waals surface area (Å²) in [5.74, 6) is 0. The zero-order valence-corrected chi connectivity index (χ0v) is 9.67. The summed E-state index contributed by atoms with van der Waals surface area (Å²) >= 11 is 0. The second-order valence-corrected chi connectivity index (χ2v) is 5.25. The van der Waals surface area contributed by atoms with Crippen molar-refractivity contribution in [1.29, 1.82) is 5.26 Å². The molecule has 1 aliphatic heterocycles. The van der Waals surface area contributed by atoms with Gasteiger partial charge in [0.1, 0.15) is 0 Å². The van der Waals surface area contributed by atoms with Gasteiger partial charge in [0.2, 0.25) is 0 Å². The summed E-state index contributed by atoms with van der Waals surface area (Å²) in [5.41, 5.74) is 0.102. The zero-order chi connectivity index (χ0) is 10.6. The maximum Gasteiger partial charge on any atom is 0.0689 e. The van der Waals surface area contributed by atoms with E-state index in [2.05, 4.69) is 11.0 Å². The normalized spacial score (nSPS) is 24.7. The van der Waals surface area contributed by atoms with Crippen LogP contribution < -0.4 is 0 Å². The van der Waals surface area contributed by atoms with Crippen molar-refractivity contribution in [2.24, 2.45) is 5.41 Å². The van der Waals surface area contributed by atoms with Crippen LogP contribution in [0.4, 0.5) is 0 Å². The van der Waals surface area contributed by atoms with Crippen LogP contribution in [0.1, 0.15) is 51.4 Å². The fraction of sp³-hybridized carbons (Fsp3) is 0.923. The molecule has 0 aromatic rings. The van der Waals surface area contributed by atoms with Gasteiger partial charge in [-0.25, -0.2) is 0 Å². The molecule has 84 valence electrons. The van der Waals surface area contributed by atoms with E-state index in [-0.39, 0.29) is 5.41 Å². The molecule has 0 aromatic heterocycles. The van der Waals surface area contributed by atoms with Gasteiger partial charge in [0.05, 0.1) is 11.5 Å². The van der Waals surface area contributed by atoms with Crippen LogP contribution in [0.15, 0.2) is 0 Å². The molecule has 0 amide bonds. The predicted molar refractivity (Wildman–Crippen MR) is 61.4 cm³/mol. The molecule has 15 heavy (non-hydrogen) atoms. The first-order chi connectivity index (χ1) is 7.35. The number of hydrogen-bond acceptors (Lipinski definition) is 2. The average molecular weight is 206 g/mol. The third-order valence-corrected chi connectivity index (χ3v) is 4.13. The van der Waals surface area contributed by atoms with Gasteiger partial charge < -0.3 is 4.90 Å². The fourth-order valence-corrected chi connectivity index (χ4v) is 2.83.